The quantitative estimate of drug-likeness (QED) is 0.476. The van der Waals surface area contributed by atoms with E-state index in [-0.39, 0.29) is 17.2 Å². The minimum absolute atomic E-state index is 0.158. The first kappa shape index (κ1) is 10.9. The highest BCUT2D eigenvalue weighted by Crippen LogP contribution is 2.24. The summed E-state index contributed by atoms with van der Waals surface area (Å²) in [7, 11) is 0. The Kier molecular flexibility index (Phi) is 2.89. The molecule has 17 heavy (non-hydrogen) atoms. The van der Waals surface area contributed by atoms with E-state index in [1.54, 1.807) is 30.3 Å². The highest BCUT2D eigenvalue weighted by Gasteiger charge is 1.97. The molecular formula is C14H10O3. The molecule has 0 amide bonds. The van der Waals surface area contributed by atoms with Crippen molar-refractivity contribution in [2.45, 2.75) is 0 Å². The zero-order valence-corrected chi connectivity index (χ0v) is 8.88. The van der Waals surface area contributed by atoms with Gasteiger partial charge < -0.3 is 15.3 Å². The summed E-state index contributed by atoms with van der Waals surface area (Å²) in [4.78, 5) is 0. The van der Waals surface area contributed by atoms with Gasteiger partial charge in [-0.1, -0.05) is 17.9 Å². The average molecular weight is 226 g/mol. The van der Waals surface area contributed by atoms with Gasteiger partial charge in [-0.3, -0.25) is 0 Å². The van der Waals surface area contributed by atoms with E-state index in [0.717, 1.165) is 0 Å². The number of hydrogen-bond acceptors (Lipinski definition) is 3. The topological polar surface area (TPSA) is 60.7 Å². The lowest BCUT2D eigenvalue weighted by Crippen LogP contribution is -1.76. The van der Waals surface area contributed by atoms with Crippen LogP contribution in [0, 0.1) is 11.8 Å². The number of benzene rings is 2. The van der Waals surface area contributed by atoms with Gasteiger partial charge in [0.15, 0.2) is 11.5 Å². The average Bonchev–Trinajstić information content (AvgIpc) is 2.31. The zero-order valence-electron chi connectivity index (χ0n) is 8.88. The molecule has 0 atom stereocenters. The second-order valence-electron chi connectivity index (χ2n) is 3.50. The van der Waals surface area contributed by atoms with Crippen LogP contribution in [-0.4, -0.2) is 15.3 Å². The lowest BCUT2D eigenvalue weighted by molar-refractivity contribution is 0.403. The Morgan fingerprint density at radius 1 is 0.706 bits per heavy atom. The van der Waals surface area contributed by atoms with Gasteiger partial charge in [-0.25, -0.2) is 0 Å². The van der Waals surface area contributed by atoms with Gasteiger partial charge in [0.25, 0.3) is 0 Å². The molecule has 0 aliphatic heterocycles. The standard InChI is InChI=1S/C14H10O3/c15-12-3-1-2-10(8-12)4-5-11-6-7-13(16)14(17)9-11/h1-3,6-9,15-17H. The van der Waals surface area contributed by atoms with Crippen LogP contribution in [0.3, 0.4) is 0 Å². The van der Waals surface area contributed by atoms with Crippen LogP contribution in [0.1, 0.15) is 11.1 Å². The summed E-state index contributed by atoms with van der Waals surface area (Å²) in [6.07, 6.45) is 0. The molecule has 2 rings (SSSR count). The number of aromatic hydroxyl groups is 3. The molecule has 2 aromatic rings. The van der Waals surface area contributed by atoms with Crippen LogP contribution in [0.25, 0.3) is 0 Å². The van der Waals surface area contributed by atoms with E-state index in [1.165, 1.54) is 12.1 Å². The maximum absolute atomic E-state index is 9.28. The van der Waals surface area contributed by atoms with Crippen LogP contribution in [0.4, 0.5) is 0 Å². The predicted molar refractivity (Wildman–Crippen MR) is 63.9 cm³/mol. The van der Waals surface area contributed by atoms with Crippen molar-refractivity contribution in [3.05, 3.63) is 53.6 Å². The minimum atomic E-state index is -0.201. The molecule has 0 unspecified atom stereocenters. The summed E-state index contributed by atoms with van der Waals surface area (Å²) in [5, 5.41) is 27.7. The first-order chi connectivity index (χ1) is 8.15. The van der Waals surface area contributed by atoms with Crippen LogP contribution in [0.2, 0.25) is 0 Å². The van der Waals surface area contributed by atoms with Crippen molar-refractivity contribution in [1.29, 1.82) is 0 Å². The van der Waals surface area contributed by atoms with E-state index in [2.05, 4.69) is 11.8 Å². The maximum atomic E-state index is 9.28. The lowest BCUT2D eigenvalue weighted by Gasteiger charge is -1.96. The van der Waals surface area contributed by atoms with E-state index in [4.69, 9.17) is 5.11 Å². The van der Waals surface area contributed by atoms with Gasteiger partial charge >= 0.3 is 0 Å². The highest BCUT2D eigenvalue weighted by molar-refractivity contribution is 5.49. The van der Waals surface area contributed by atoms with Crippen molar-refractivity contribution >= 4 is 0 Å². The van der Waals surface area contributed by atoms with Crippen LogP contribution in [0.5, 0.6) is 17.2 Å². The third-order valence-electron chi connectivity index (χ3n) is 2.17. The van der Waals surface area contributed by atoms with E-state index >= 15 is 0 Å². The molecule has 0 saturated carbocycles. The van der Waals surface area contributed by atoms with Gasteiger partial charge in [0.05, 0.1) is 0 Å². The summed E-state index contributed by atoms with van der Waals surface area (Å²) < 4.78 is 0. The summed E-state index contributed by atoms with van der Waals surface area (Å²) in [6.45, 7) is 0. The monoisotopic (exact) mass is 226 g/mol. The van der Waals surface area contributed by atoms with Gasteiger partial charge in [0, 0.05) is 11.1 Å². The molecular weight excluding hydrogens is 216 g/mol. The molecule has 3 nitrogen and oxygen atoms in total. The van der Waals surface area contributed by atoms with E-state index < -0.39 is 0 Å². The maximum Gasteiger partial charge on any atom is 0.158 e. The van der Waals surface area contributed by atoms with E-state index in [1.807, 2.05) is 0 Å². The largest absolute Gasteiger partial charge is 0.508 e. The number of phenols is 3. The van der Waals surface area contributed by atoms with Gasteiger partial charge in [0.1, 0.15) is 5.75 Å². The van der Waals surface area contributed by atoms with Crippen LogP contribution < -0.4 is 0 Å². The van der Waals surface area contributed by atoms with Crippen LogP contribution >= 0.6 is 0 Å². The van der Waals surface area contributed by atoms with Crippen LogP contribution in [-0.2, 0) is 0 Å². The number of rotatable bonds is 0. The Hall–Kier alpha value is -2.60. The zero-order chi connectivity index (χ0) is 12.3. The van der Waals surface area contributed by atoms with Crippen molar-refractivity contribution in [3.63, 3.8) is 0 Å². The van der Waals surface area contributed by atoms with Crippen molar-refractivity contribution in [1.82, 2.24) is 0 Å². The SMILES string of the molecule is Oc1cccc(C#Cc2ccc(O)c(O)c2)c1. The normalized spacial score (nSPS) is 9.41. The van der Waals surface area contributed by atoms with Gasteiger partial charge in [0.2, 0.25) is 0 Å². The number of hydrogen-bond donors (Lipinski definition) is 3. The third kappa shape index (κ3) is 2.70. The van der Waals surface area contributed by atoms with E-state index in [9.17, 15) is 10.2 Å². The minimum Gasteiger partial charge on any atom is -0.508 e. The lowest BCUT2D eigenvalue weighted by atomic mass is 10.1. The summed E-state index contributed by atoms with van der Waals surface area (Å²) >= 11 is 0. The summed E-state index contributed by atoms with van der Waals surface area (Å²) in [5.41, 5.74) is 1.27. The molecule has 3 heteroatoms. The molecule has 0 aromatic heterocycles. The molecule has 0 spiro atoms. The molecule has 0 bridgehead atoms. The Morgan fingerprint density at radius 3 is 2.06 bits per heavy atom. The van der Waals surface area contributed by atoms with Crippen molar-refractivity contribution in [3.8, 4) is 29.1 Å². The first-order valence-electron chi connectivity index (χ1n) is 4.98. The van der Waals surface area contributed by atoms with Gasteiger partial charge in [-0.05, 0) is 36.4 Å². The Bertz CT molecular complexity index is 606. The Morgan fingerprint density at radius 2 is 1.41 bits per heavy atom. The van der Waals surface area contributed by atoms with Crippen molar-refractivity contribution in [2.75, 3.05) is 0 Å². The first-order valence-corrected chi connectivity index (χ1v) is 4.98. The third-order valence-corrected chi connectivity index (χ3v) is 2.17. The molecule has 0 aliphatic carbocycles. The van der Waals surface area contributed by atoms with Crippen molar-refractivity contribution in [2.24, 2.45) is 0 Å². The smallest absolute Gasteiger partial charge is 0.158 e. The van der Waals surface area contributed by atoms with E-state index in [0.29, 0.717) is 11.1 Å². The van der Waals surface area contributed by atoms with Gasteiger partial charge in [-0.15, -0.1) is 0 Å². The molecule has 0 heterocycles. The molecule has 3 N–H and O–H groups in total. The highest BCUT2D eigenvalue weighted by atomic mass is 16.3. The van der Waals surface area contributed by atoms with Crippen molar-refractivity contribution < 1.29 is 15.3 Å². The molecule has 2 aromatic carbocycles. The second kappa shape index (κ2) is 4.50. The molecule has 84 valence electrons. The predicted octanol–water partition coefficient (Wildman–Crippen LogP) is 2.20. The molecule has 0 radical (unpaired) electrons. The summed E-state index contributed by atoms with van der Waals surface area (Å²) in [5.74, 6) is 5.45. The summed E-state index contributed by atoms with van der Waals surface area (Å²) in [6, 6.07) is 10.9. The fourth-order valence-corrected chi connectivity index (χ4v) is 1.33. The Labute approximate surface area is 98.6 Å². The van der Waals surface area contributed by atoms with Gasteiger partial charge in [-0.2, -0.15) is 0 Å². The number of phenolic OH excluding ortho intramolecular Hbond substituents is 3. The van der Waals surface area contributed by atoms with Crippen LogP contribution in [0.15, 0.2) is 42.5 Å². The molecule has 0 aliphatic rings. The second-order valence-corrected chi connectivity index (χ2v) is 3.50. The Balaban J connectivity index is 2.30. The fourth-order valence-electron chi connectivity index (χ4n) is 1.33. The molecule has 0 fully saturated rings. The fraction of sp³-hybridized carbons (Fsp3) is 0. The molecule has 0 saturated heterocycles.